The number of hydrogen-bond acceptors (Lipinski definition) is 4. The van der Waals surface area contributed by atoms with Crippen LogP contribution in [0.3, 0.4) is 0 Å². The number of furan rings is 1. The SMILES string of the molecule is CC1(C(=O)NC2CCCCCCC2)Cn2c(cc3occc32)C(=O)N1Cc1ccccn1. The van der Waals surface area contributed by atoms with Gasteiger partial charge in [0, 0.05) is 24.4 Å². The zero-order valence-corrected chi connectivity index (χ0v) is 18.5. The van der Waals surface area contributed by atoms with Crippen molar-refractivity contribution < 1.29 is 14.0 Å². The first-order valence-electron chi connectivity index (χ1n) is 11.7. The molecule has 0 spiro atoms. The Morgan fingerprint density at radius 3 is 2.72 bits per heavy atom. The van der Waals surface area contributed by atoms with Gasteiger partial charge in [0.25, 0.3) is 5.91 Å². The lowest BCUT2D eigenvalue weighted by molar-refractivity contribution is -0.134. The van der Waals surface area contributed by atoms with Gasteiger partial charge in [-0.2, -0.15) is 0 Å². The van der Waals surface area contributed by atoms with E-state index in [9.17, 15) is 9.59 Å². The van der Waals surface area contributed by atoms with Gasteiger partial charge in [0.2, 0.25) is 5.91 Å². The zero-order valence-electron chi connectivity index (χ0n) is 18.5. The van der Waals surface area contributed by atoms with Crippen LogP contribution in [0.1, 0.15) is 68.1 Å². The highest BCUT2D eigenvalue weighted by atomic mass is 16.3. The first-order valence-corrected chi connectivity index (χ1v) is 11.7. The normalized spacial score (nSPS) is 22.4. The summed E-state index contributed by atoms with van der Waals surface area (Å²) in [6, 6.07) is 9.43. The Kier molecular flexibility index (Phi) is 5.49. The third-order valence-electron chi connectivity index (χ3n) is 7.02. The molecule has 3 aromatic heterocycles. The van der Waals surface area contributed by atoms with E-state index in [0.29, 0.717) is 17.8 Å². The molecule has 0 aromatic carbocycles. The highest BCUT2D eigenvalue weighted by molar-refractivity contribution is 6.02. The smallest absolute Gasteiger partial charge is 0.271 e. The molecule has 1 aliphatic heterocycles. The molecule has 32 heavy (non-hydrogen) atoms. The molecule has 5 rings (SSSR count). The lowest BCUT2D eigenvalue weighted by Gasteiger charge is -2.44. The summed E-state index contributed by atoms with van der Waals surface area (Å²) in [4.78, 5) is 33.5. The maximum absolute atomic E-state index is 13.8. The van der Waals surface area contributed by atoms with E-state index < -0.39 is 5.54 Å². The van der Waals surface area contributed by atoms with Gasteiger partial charge in [0.05, 0.1) is 30.6 Å². The molecule has 1 N–H and O–H groups in total. The zero-order chi connectivity index (χ0) is 22.1. The minimum absolute atomic E-state index is 0.0941. The molecule has 0 saturated heterocycles. The average Bonchev–Trinajstić information content (AvgIpc) is 3.36. The summed E-state index contributed by atoms with van der Waals surface area (Å²) in [5.74, 6) is -0.271. The predicted molar refractivity (Wildman–Crippen MR) is 121 cm³/mol. The molecular formula is C25H30N4O3. The molecule has 168 valence electrons. The minimum atomic E-state index is -1.03. The van der Waals surface area contributed by atoms with Crippen molar-refractivity contribution >= 4 is 22.9 Å². The number of amides is 2. The molecule has 3 aromatic rings. The van der Waals surface area contributed by atoms with E-state index in [0.717, 1.165) is 36.9 Å². The first-order chi connectivity index (χ1) is 15.6. The summed E-state index contributed by atoms with van der Waals surface area (Å²) in [5.41, 5.74) is 1.78. The van der Waals surface area contributed by atoms with Crippen LogP contribution < -0.4 is 5.32 Å². The number of nitrogens with one attached hydrogen (secondary N) is 1. The number of nitrogens with zero attached hydrogens (tertiary/aromatic N) is 3. The van der Waals surface area contributed by atoms with Gasteiger partial charge < -0.3 is 19.2 Å². The Hall–Kier alpha value is -3.09. The lowest BCUT2D eigenvalue weighted by atomic mass is 9.92. The van der Waals surface area contributed by atoms with Crippen molar-refractivity contribution in [2.75, 3.05) is 0 Å². The van der Waals surface area contributed by atoms with Gasteiger partial charge >= 0.3 is 0 Å². The Labute approximate surface area is 187 Å². The number of aromatic nitrogens is 2. The second-order valence-corrected chi connectivity index (χ2v) is 9.29. The van der Waals surface area contributed by atoms with E-state index in [2.05, 4.69) is 10.3 Å². The Morgan fingerprint density at radius 2 is 1.97 bits per heavy atom. The molecule has 2 amide bonds. The van der Waals surface area contributed by atoms with Gasteiger partial charge in [-0.1, -0.05) is 38.2 Å². The van der Waals surface area contributed by atoms with Crippen LogP contribution >= 0.6 is 0 Å². The van der Waals surface area contributed by atoms with Crippen LogP contribution in [0.4, 0.5) is 0 Å². The topological polar surface area (TPSA) is 80.4 Å². The van der Waals surface area contributed by atoms with E-state index >= 15 is 0 Å². The highest BCUT2D eigenvalue weighted by Crippen LogP contribution is 2.34. The summed E-state index contributed by atoms with van der Waals surface area (Å²) in [5, 5.41) is 3.31. The summed E-state index contributed by atoms with van der Waals surface area (Å²) in [6.07, 6.45) is 11.3. The van der Waals surface area contributed by atoms with Crippen molar-refractivity contribution in [3.05, 3.63) is 54.2 Å². The summed E-state index contributed by atoms with van der Waals surface area (Å²) >= 11 is 0. The number of fused-ring (bicyclic) bond motifs is 3. The fourth-order valence-electron chi connectivity index (χ4n) is 5.12. The molecule has 0 radical (unpaired) electrons. The standard InChI is InChI=1S/C25H30N4O3/c1-25(24(31)27-18-9-5-3-2-4-6-10-18)17-28-20-12-14-32-22(20)15-21(28)23(30)29(25)16-19-11-7-8-13-26-19/h7-8,11-15,18H,2-6,9-10,16-17H2,1H3,(H,27,31). The molecule has 2 aliphatic rings. The average molecular weight is 435 g/mol. The van der Waals surface area contributed by atoms with Crippen LogP contribution in [0.15, 0.2) is 47.2 Å². The molecule has 7 nitrogen and oxygen atoms in total. The van der Waals surface area contributed by atoms with E-state index in [1.165, 1.54) is 19.3 Å². The molecule has 1 fully saturated rings. The number of carbonyl (C=O) groups is 2. The maximum Gasteiger partial charge on any atom is 0.271 e. The number of pyridine rings is 1. The second-order valence-electron chi connectivity index (χ2n) is 9.29. The van der Waals surface area contributed by atoms with Crippen molar-refractivity contribution in [1.82, 2.24) is 19.8 Å². The van der Waals surface area contributed by atoms with Crippen molar-refractivity contribution in [3.8, 4) is 0 Å². The first kappa shape index (κ1) is 20.8. The van der Waals surface area contributed by atoms with Crippen LogP contribution in [0.5, 0.6) is 0 Å². The van der Waals surface area contributed by atoms with Gasteiger partial charge in [0.1, 0.15) is 11.2 Å². The van der Waals surface area contributed by atoms with Gasteiger partial charge in [-0.3, -0.25) is 14.6 Å². The van der Waals surface area contributed by atoms with E-state index in [1.54, 1.807) is 23.4 Å². The molecule has 0 bridgehead atoms. The number of carbonyl (C=O) groups excluding carboxylic acids is 2. The van der Waals surface area contributed by atoms with Crippen LogP contribution in [-0.4, -0.2) is 37.8 Å². The largest absolute Gasteiger partial charge is 0.463 e. The predicted octanol–water partition coefficient (Wildman–Crippen LogP) is 4.27. The monoisotopic (exact) mass is 434 g/mol. The summed E-state index contributed by atoms with van der Waals surface area (Å²) in [7, 11) is 0. The van der Waals surface area contributed by atoms with Crippen molar-refractivity contribution in [2.45, 2.75) is 76.5 Å². The third kappa shape index (κ3) is 3.70. The van der Waals surface area contributed by atoms with Crippen molar-refractivity contribution in [3.63, 3.8) is 0 Å². The van der Waals surface area contributed by atoms with Gasteiger partial charge in [0.15, 0.2) is 5.58 Å². The summed E-state index contributed by atoms with van der Waals surface area (Å²) < 4.78 is 7.47. The quantitative estimate of drug-likeness (QED) is 0.665. The third-order valence-corrected chi connectivity index (χ3v) is 7.02. The fraction of sp³-hybridized carbons (Fsp3) is 0.480. The van der Waals surface area contributed by atoms with Gasteiger partial charge in [-0.05, 0) is 31.9 Å². The second kappa shape index (κ2) is 8.45. The maximum atomic E-state index is 13.8. The van der Waals surface area contributed by atoms with E-state index in [4.69, 9.17) is 4.42 Å². The fourth-order valence-corrected chi connectivity index (χ4v) is 5.12. The summed E-state index contributed by atoms with van der Waals surface area (Å²) in [6.45, 7) is 2.53. The van der Waals surface area contributed by atoms with Crippen LogP contribution in [-0.2, 0) is 17.9 Å². The number of rotatable bonds is 4. The molecule has 1 aliphatic carbocycles. The lowest BCUT2D eigenvalue weighted by Crippen LogP contribution is -2.64. The van der Waals surface area contributed by atoms with Crippen molar-refractivity contribution in [2.24, 2.45) is 0 Å². The Balaban J connectivity index is 1.49. The van der Waals surface area contributed by atoms with E-state index in [1.807, 2.05) is 35.8 Å². The number of hydrogen-bond donors (Lipinski definition) is 1. The Bertz CT molecular complexity index is 1110. The molecular weight excluding hydrogens is 404 g/mol. The minimum Gasteiger partial charge on any atom is -0.463 e. The van der Waals surface area contributed by atoms with Crippen LogP contribution in [0, 0.1) is 0 Å². The van der Waals surface area contributed by atoms with E-state index in [-0.39, 0.29) is 24.4 Å². The Morgan fingerprint density at radius 1 is 1.19 bits per heavy atom. The van der Waals surface area contributed by atoms with Gasteiger partial charge in [-0.25, -0.2) is 0 Å². The molecule has 1 saturated carbocycles. The van der Waals surface area contributed by atoms with Gasteiger partial charge in [-0.15, -0.1) is 0 Å². The highest BCUT2D eigenvalue weighted by Gasteiger charge is 2.48. The van der Waals surface area contributed by atoms with Crippen LogP contribution in [0.2, 0.25) is 0 Å². The molecule has 7 heteroatoms. The van der Waals surface area contributed by atoms with Crippen molar-refractivity contribution in [1.29, 1.82) is 0 Å². The molecule has 1 atom stereocenters. The van der Waals surface area contributed by atoms with Crippen LogP contribution in [0.25, 0.3) is 11.1 Å². The molecule has 1 unspecified atom stereocenters. The molecule has 4 heterocycles.